The maximum absolute atomic E-state index is 12.9. The molecular weight excluding hydrogens is 396 g/mol. The number of anilines is 1. The van der Waals surface area contributed by atoms with Crippen molar-refractivity contribution in [1.82, 2.24) is 14.5 Å². The molecule has 0 radical (unpaired) electrons. The topological polar surface area (TPSA) is 79.8 Å². The molecule has 2 N–H and O–H groups in total. The van der Waals surface area contributed by atoms with Crippen LogP contribution in [0.1, 0.15) is 37.6 Å². The molecule has 1 unspecified atom stereocenters. The van der Waals surface area contributed by atoms with Crippen molar-refractivity contribution in [3.8, 4) is 0 Å². The number of carbonyl (C=O) groups is 1. The van der Waals surface area contributed by atoms with Crippen molar-refractivity contribution in [2.75, 3.05) is 11.1 Å². The molecule has 1 aromatic carbocycles. The summed E-state index contributed by atoms with van der Waals surface area (Å²) in [4.78, 5) is 33.1. The van der Waals surface area contributed by atoms with Crippen LogP contribution in [0, 0.1) is 13.8 Å². The van der Waals surface area contributed by atoms with Crippen LogP contribution < -0.4 is 10.9 Å². The van der Waals surface area contributed by atoms with E-state index in [-0.39, 0.29) is 23.3 Å². The van der Waals surface area contributed by atoms with Gasteiger partial charge in [-0.2, -0.15) is 0 Å². The van der Waals surface area contributed by atoms with Crippen LogP contribution in [0.4, 0.5) is 5.69 Å². The normalized spacial score (nSPS) is 12.3. The van der Waals surface area contributed by atoms with Crippen molar-refractivity contribution in [2.45, 2.75) is 45.3 Å². The molecule has 3 rings (SSSR count). The third-order valence-electron chi connectivity index (χ3n) is 4.64. The second kappa shape index (κ2) is 8.41. The highest BCUT2D eigenvalue weighted by atomic mass is 35.5. The van der Waals surface area contributed by atoms with E-state index in [1.165, 1.54) is 11.8 Å². The summed E-state index contributed by atoms with van der Waals surface area (Å²) in [7, 11) is 0. The zero-order chi connectivity index (χ0) is 20.4. The first-order chi connectivity index (χ1) is 13.3. The molecular formula is C20H23ClN4O2S. The minimum absolute atomic E-state index is 0.0237. The number of thioether (sulfide) groups is 1. The minimum atomic E-state index is -0.198. The summed E-state index contributed by atoms with van der Waals surface area (Å²) in [6.07, 6.45) is 0.783. The number of H-pyrrole nitrogens is 1. The molecule has 0 saturated carbocycles. The van der Waals surface area contributed by atoms with E-state index in [1.54, 1.807) is 10.6 Å². The average Bonchev–Trinajstić information content (AvgIpc) is 3.03. The monoisotopic (exact) mass is 418 g/mol. The van der Waals surface area contributed by atoms with Crippen molar-refractivity contribution in [1.29, 1.82) is 0 Å². The van der Waals surface area contributed by atoms with Crippen LogP contribution in [-0.2, 0) is 4.79 Å². The number of hydrogen-bond donors (Lipinski definition) is 2. The van der Waals surface area contributed by atoms with E-state index in [9.17, 15) is 9.59 Å². The quantitative estimate of drug-likeness (QED) is 0.449. The van der Waals surface area contributed by atoms with Crippen molar-refractivity contribution in [2.24, 2.45) is 0 Å². The second-order valence-corrected chi connectivity index (χ2v) is 8.16. The molecule has 8 heteroatoms. The predicted octanol–water partition coefficient (Wildman–Crippen LogP) is 4.70. The van der Waals surface area contributed by atoms with Gasteiger partial charge in [0, 0.05) is 11.7 Å². The zero-order valence-electron chi connectivity index (χ0n) is 16.3. The molecule has 0 fully saturated rings. The van der Waals surface area contributed by atoms with Crippen molar-refractivity contribution in [3.05, 3.63) is 50.9 Å². The Kier molecular flexibility index (Phi) is 6.15. The van der Waals surface area contributed by atoms with Gasteiger partial charge in [-0.25, -0.2) is 4.98 Å². The minimum Gasteiger partial charge on any atom is -0.353 e. The van der Waals surface area contributed by atoms with Gasteiger partial charge in [-0.15, -0.1) is 0 Å². The smallest absolute Gasteiger partial charge is 0.278 e. The van der Waals surface area contributed by atoms with Gasteiger partial charge in [0.05, 0.1) is 22.0 Å². The molecule has 3 aromatic rings. The third-order valence-corrected chi connectivity index (χ3v) is 5.90. The lowest BCUT2D eigenvalue weighted by molar-refractivity contribution is -0.113. The van der Waals surface area contributed by atoms with Crippen molar-refractivity contribution >= 4 is 46.0 Å². The second-order valence-electron chi connectivity index (χ2n) is 6.81. The van der Waals surface area contributed by atoms with Crippen LogP contribution in [-0.4, -0.2) is 26.2 Å². The van der Waals surface area contributed by atoms with E-state index < -0.39 is 0 Å². The fourth-order valence-electron chi connectivity index (χ4n) is 2.96. The van der Waals surface area contributed by atoms with Crippen LogP contribution in [0.15, 0.2) is 34.2 Å². The van der Waals surface area contributed by atoms with Gasteiger partial charge in [0.1, 0.15) is 5.52 Å². The number of hydrogen-bond acceptors (Lipinski definition) is 4. The zero-order valence-corrected chi connectivity index (χ0v) is 17.9. The Hall–Kier alpha value is -2.25. The van der Waals surface area contributed by atoms with E-state index in [0.29, 0.717) is 26.9 Å². The Labute approximate surface area is 172 Å². The number of rotatable bonds is 6. The number of halogens is 1. The molecule has 6 nitrogen and oxygen atoms in total. The molecule has 28 heavy (non-hydrogen) atoms. The van der Waals surface area contributed by atoms with Gasteiger partial charge in [-0.1, -0.05) is 42.4 Å². The summed E-state index contributed by atoms with van der Waals surface area (Å²) in [6, 6.07) is 7.28. The first kappa shape index (κ1) is 20.5. The Morgan fingerprint density at radius 3 is 2.82 bits per heavy atom. The lowest BCUT2D eigenvalue weighted by Gasteiger charge is -2.17. The number of carbonyl (C=O) groups excluding carboxylic acids is 1. The highest BCUT2D eigenvalue weighted by molar-refractivity contribution is 7.99. The lowest BCUT2D eigenvalue weighted by atomic mass is 10.2. The van der Waals surface area contributed by atoms with E-state index in [4.69, 9.17) is 11.6 Å². The van der Waals surface area contributed by atoms with Crippen LogP contribution in [0.5, 0.6) is 0 Å². The maximum Gasteiger partial charge on any atom is 0.278 e. The fourth-order valence-corrected chi connectivity index (χ4v) is 4.13. The number of nitrogens with one attached hydrogen (secondary N) is 2. The van der Waals surface area contributed by atoms with Crippen molar-refractivity contribution in [3.63, 3.8) is 0 Å². The predicted molar refractivity (Wildman–Crippen MR) is 116 cm³/mol. The van der Waals surface area contributed by atoms with Gasteiger partial charge < -0.3 is 10.3 Å². The number of aromatic amines is 1. The van der Waals surface area contributed by atoms with Gasteiger partial charge in [0.25, 0.3) is 5.56 Å². The molecule has 148 valence electrons. The van der Waals surface area contributed by atoms with Crippen LogP contribution in [0.2, 0.25) is 5.02 Å². The summed E-state index contributed by atoms with van der Waals surface area (Å²) < 4.78 is 1.66. The molecule has 0 aliphatic rings. The number of fused-ring (bicyclic) bond motifs is 1. The van der Waals surface area contributed by atoms with Crippen LogP contribution >= 0.6 is 23.4 Å². The van der Waals surface area contributed by atoms with Gasteiger partial charge in [0.15, 0.2) is 5.16 Å². The largest absolute Gasteiger partial charge is 0.353 e. The van der Waals surface area contributed by atoms with Gasteiger partial charge in [-0.05, 0) is 44.9 Å². The van der Waals surface area contributed by atoms with E-state index in [2.05, 4.69) is 15.3 Å². The number of para-hydroxylation sites is 1. The lowest BCUT2D eigenvalue weighted by Crippen LogP contribution is -2.26. The molecule has 1 atom stereocenters. The molecule has 1 amide bonds. The first-order valence-corrected chi connectivity index (χ1v) is 10.5. The number of amides is 1. The van der Waals surface area contributed by atoms with Crippen LogP contribution in [0.25, 0.3) is 11.0 Å². The summed E-state index contributed by atoms with van der Waals surface area (Å²) in [5, 5.41) is 3.89. The number of benzene rings is 1. The molecule has 0 saturated heterocycles. The number of aromatic nitrogens is 3. The van der Waals surface area contributed by atoms with Crippen LogP contribution in [0.3, 0.4) is 0 Å². The third kappa shape index (κ3) is 4.10. The Morgan fingerprint density at radius 1 is 1.39 bits per heavy atom. The van der Waals surface area contributed by atoms with Gasteiger partial charge in [0.2, 0.25) is 5.91 Å². The molecule has 0 spiro atoms. The molecule has 0 aliphatic heterocycles. The maximum atomic E-state index is 12.9. The summed E-state index contributed by atoms with van der Waals surface area (Å²) in [5.41, 5.74) is 3.38. The first-order valence-electron chi connectivity index (χ1n) is 9.11. The molecule has 2 aromatic heterocycles. The Morgan fingerprint density at radius 2 is 2.14 bits per heavy atom. The van der Waals surface area contributed by atoms with E-state index >= 15 is 0 Å². The number of aryl methyl sites for hydroxylation is 2. The van der Waals surface area contributed by atoms with Gasteiger partial charge >= 0.3 is 0 Å². The summed E-state index contributed by atoms with van der Waals surface area (Å²) in [6.45, 7) is 7.77. The molecule has 2 heterocycles. The average molecular weight is 419 g/mol. The molecule has 0 aliphatic carbocycles. The SMILES string of the molecule is CCC(C)n1c(SCC(=O)Nc2c(C)cccc2Cl)nc2cc(C)[nH]c2c1=O. The Bertz CT molecular complexity index is 1070. The standard InChI is InChI=1S/C20H23ClN4O2S/c1-5-13(4)25-19(27)18-15(9-12(3)22-18)23-20(25)28-10-16(26)24-17-11(2)7-6-8-14(17)21/h6-9,13,22H,5,10H2,1-4H3,(H,24,26). The van der Waals surface area contributed by atoms with E-state index in [0.717, 1.165) is 17.7 Å². The highest BCUT2D eigenvalue weighted by Crippen LogP contribution is 2.26. The molecule has 0 bridgehead atoms. The summed E-state index contributed by atoms with van der Waals surface area (Å²) >= 11 is 7.43. The van der Waals surface area contributed by atoms with Gasteiger partial charge in [-0.3, -0.25) is 14.2 Å². The number of nitrogens with zero attached hydrogens (tertiary/aromatic N) is 2. The fraction of sp³-hybridized carbons (Fsp3) is 0.350. The van der Waals surface area contributed by atoms with E-state index in [1.807, 2.05) is 45.9 Å². The summed E-state index contributed by atoms with van der Waals surface area (Å²) in [5.74, 6) is -0.0703. The van der Waals surface area contributed by atoms with Crippen molar-refractivity contribution < 1.29 is 4.79 Å². The highest BCUT2D eigenvalue weighted by Gasteiger charge is 2.18. The Balaban J connectivity index is 1.87.